The lowest BCUT2D eigenvalue weighted by Crippen LogP contribution is -2.51. The molecule has 1 aliphatic rings. The number of rotatable bonds is 6. The Morgan fingerprint density at radius 2 is 2.08 bits per heavy atom. The third-order valence-corrected chi connectivity index (χ3v) is 4.18. The molecule has 1 amide bonds. The Balaban J connectivity index is 1.74. The number of carbonyl (C=O) groups excluding carboxylic acids is 1. The lowest BCUT2D eigenvalue weighted by atomic mass is 10.0. The number of benzene rings is 1. The molecule has 138 valence electrons. The Bertz CT molecular complexity index is 738. The summed E-state index contributed by atoms with van der Waals surface area (Å²) in [7, 11) is 3.05. The van der Waals surface area contributed by atoms with Crippen LogP contribution < -0.4 is 19.5 Å². The molecule has 0 bridgehead atoms. The summed E-state index contributed by atoms with van der Waals surface area (Å²) in [5, 5.41) is 3.02. The van der Waals surface area contributed by atoms with Crippen LogP contribution >= 0.6 is 0 Å². The van der Waals surface area contributed by atoms with Gasteiger partial charge in [-0.25, -0.2) is 4.98 Å². The van der Waals surface area contributed by atoms with Gasteiger partial charge in [0.25, 0.3) is 5.91 Å². The largest absolute Gasteiger partial charge is 0.493 e. The second kappa shape index (κ2) is 8.53. The van der Waals surface area contributed by atoms with E-state index in [1.807, 2.05) is 12.1 Å². The molecular weight excluding hydrogens is 336 g/mol. The monoisotopic (exact) mass is 358 g/mol. The summed E-state index contributed by atoms with van der Waals surface area (Å²) in [6.45, 7) is 0.943. The summed E-state index contributed by atoms with van der Waals surface area (Å²) >= 11 is 0. The number of carbonyl (C=O) groups is 1. The van der Waals surface area contributed by atoms with Crippen molar-refractivity contribution in [1.29, 1.82) is 0 Å². The van der Waals surface area contributed by atoms with E-state index in [4.69, 9.17) is 18.9 Å². The molecule has 26 heavy (non-hydrogen) atoms. The fourth-order valence-electron chi connectivity index (χ4n) is 2.88. The van der Waals surface area contributed by atoms with Gasteiger partial charge in [0, 0.05) is 18.9 Å². The lowest BCUT2D eigenvalue weighted by molar-refractivity contribution is -0.0153. The van der Waals surface area contributed by atoms with Crippen LogP contribution in [0.5, 0.6) is 17.4 Å². The van der Waals surface area contributed by atoms with E-state index in [0.29, 0.717) is 42.6 Å². The van der Waals surface area contributed by atoms with Gasteiger partial charge in [0.1, 0.15) is 6.10 Å². The molecule has 1 aromatic heterocycles. The molecule has 0 spiro atoms. The van der Waals surface area contributed by atoms with Crippen LogP contribution in [0.2, 0.25) is 0 Å². The number of para-hydroxylation sites is 1. The average molecular weight is 358 g/mol. The van der Waals surface area contributed by atoms with Gasteiger partial charge in [-0.15, -0.1) is 0 Å². The first-order chi connectivity index (χ1) is 12.7. The van der Waals surface area contributed by atoms with E-state index < -0.39 is 0 Å². The Morgan fingerprint density at radius 3 is 2.81 bits per heavy atom. The van der Waals surface area contributed by atoms with Crippen LogP contribution in [-0.4, -0.2) is 50.5 Å². The summed E-state index contributed by atoms with van der Waals surface area (Å²) in [4.78, 5) is 17.0. The molecule has 3 rings (SSSR count). The number of hydrogen-bond acceptors (Lipinski definition) is 6. The van der Waals surface area contributed by atoms with Crippen molar-refractivity contribution in [3.05, 3.63) is 48.2 Å². The number of pyridine rings is 1. The number of aromatic nitrogens is 1. The molecule has 1 N–H and O–H groups in total. The van der Waals surface area contributed by atoms with Crippen molar-refractivity contribution in [3.8, 4) is 17.4 Å². The molecule has 0 unspecified atom stereocenters. The maximum atomic E-state index is 12.8. The van der Waals surface area contributed by atoms with Crippen LogP contribution in [0.25, 0.3) is 0 Å². The topological polar surface area (TPSA) is 78.9 Å². The molecule has 2 aromatic rings. The molecule has 2 heterocycles. The fraction of sp³-hybridized carbons (Fsp3) is 0.368. The van der Waals surface area contributed by atoms with Gasteiger partial charge in [0.05, 0.1) is 32.4 Å². The molecule has 1 aromatic carbocycles. The highest BCUT2D eigenvalue weighted by Gasteiger charge is 2.30. The Hall–Kier alpha value is -2.80. The Morgan fingerprint density at radius 1 is 1.19 bits per heavy atom. The van der Waals surface area contributed by atoms with Crippen LogP contribution in [0, 0.1) is 0 Å². The van der Waals surface area contributed by atoms with Gasteiger partial charge < -0.3 is 24.3 Å². The highest BCUT2D eigenvalue weighted by atomic mass is 16.5. The van der Waals surface area contributed by atoms with E-state index in [2.05, 4.69) is 10.3 Å². The molecule has 0 aliphatic carbocycles. The van der Waals surface area contributed by atoms with Crippen LogP contribution in [0.4, 0.5) is 0 Å². The zero-order chi connectivity index (χ0) is 18.4. The lowest BCUT2D eigenvalue weighted by Gasteiger charge is -2.32. The zero-order valence-electron chi connectivity index (χ0n) is 14.8. The fourth-order valence-corrected chi connectivity index (χ4v) is 2.88. The standard InChI is InChI=1S/C19H22N2O5/c1-23-15-7-5-6-13(18(15)24-2)19(22)21-14-9-11-25-12-16(14)26-17-8-3-4-10-20-17/h3-8,10,14,16H,9,11-12H2,1-2H3,(H,21,22)/t14-,16-/m1/s1. The second-order valence-corrected chi connectivity index (χ2v) is 5.81. The second-order valence-electron chi connectivity index (χ2n) is 5.81. The summed E-state index contributed by atoms with van der Waals surface area (Å²) in [5.41, 5.74) is 0.412. The van der Waals surface area contributed by atoms with Gasteiger partial charge in [-0.3, -0.25) is 4.79 Å². The minimum absolute atomic E-state index is 0.200. The first-order valence-corrected chi connectivity index (χ1v) is 8.40. The number of nitrogens with zero attached hydrogens (tertiary/aromatic N) is 1. The van der Waals surface area contributed by atoms with Gasteiger partial charge in [-0.1, -0.05) is 12.1 Å². The average Bonchev–Trinajstić information content (AvgIpc) is 2.69. The summed E-state index contributed by atoms with van der Waals surface area (Å²) < 4.78 is 22.0. The van der Waals surface area contributed by atoms with Gasteiger partial charge >= 0.3 is 0 Å². The van der Waals surface area contributed by atoms with Crippen LogP contribution in [-0.2, 0) is 4.74 Å². The van der Waals surface area contributed by atoms with Gasteiger partial charge in [0.15, 0.2) is 11.5 Å². The van der Waals surface area contributed by atoms with E-state index in [-0.39, 0.29) is 18.1 Å². The minimum atomic E-state index is -0.320. The maximum Gasteiger partial charge on any atom is 0.255 e. The summed E-state index contributed by atoms with van der Waals surface area (Å²) in [5.74, 6) is 1.17. The first kappa shape index (κ1) is 18.0. The number of ether oxygens (including phenoxy) is 4. The first-order valence-electron chi connectivity index (χ1n) is 8.40. The number of nitrogens with one attached hydrogen (secondary N) is 1. The van der Waals surface area contributed by atoms with Crippen molar-refractivity contribution in [3.63, 3.8) is 0 Å². The normalized spacial score (nSPS) is 19.5. The van der Waals surface area contributed by atoms with Crippen LogP contribution in [0.15, 0.2) is 42.6 Å². The maximum absolute atomic E-state index is 12.8. The zero-order valence-corrected chi connectivity index (χ0v) is 14.8. The van der Waals surface area contributed by atoms with E-state index in [0.717, 1.165) is 0 Å². The van der Waals surface area contributed by atoms with E-state index >= 15 is 0 Å². The molecule has 2 atom stereocenters. The number of hydrogen-bond donors (Lipinski definition) is 1. The van der Waals surface area contributed by atoms with Crippen LogP contribution in [0.1, 0.15) is 16.8 Å². The molecule has 7 nitrogen and oxygen atoms in total. The number of methoxy groups -OCH3 is 2. The van der Waals surface area contributed by atoms with Crippen molar-refractivity contribution in [1.82, 2.24) is 10.3 Å². The van der Waals surface area contributed by atoms with Crippen molar-refractivity contribution < 1.29 is 23.7 Å². The summed E-state index contributed by atoms with van der Waals surface area (Å²) in [6.07, 6.45) is 1.99. The predicted molar refractivity (Wildman–Crippen MR) is 94.9 cm³/mol. The predicted octanol–water partition coefficient (Wildman–Crippen LogP) is 2.07. The molecule has 7 heteroatoms. The van der Waals surface area contributed by atoms with E-state index in [1.165, 1.54) is 14.2 Å². The SMILES string of the molecule is COc1cccc(C(=O)N[C@@H]2CCOC[C@H]2Oc2ccccn2)c1OC. The van der Waals surface area contributed by atoms with Gasteiger partial charge in [0.2, 0.25) is 5.88 Å². The Kier molecular flexibility index (Phi) is 5.91. The minimum Gasteiger partial charge on any atom is -0.493 e. The molecular formula is C19H22N2O5. The number of amides is 1. The van der Waals surface area contributed by atoms with Crippen molar-refractivity contribution >= 4 is 5.91 Å². The molecule has 1 aliphatic heterocycles. The van der Waals surface area contributed by atoms with Crippen molar-refractivity contribution in [2.75, 3.05) is 27.4 Å². The summed E-state index contributed by atoms with van der Waals surface area (Å²) in [6, 6.07) is 10.4. The molecule has 0 radical (unpaired) electrons. The molecule has 1 fully saturated rings. The Labute approximate surface area is 152 Å². The van der Waals surface area contributed by atoms with E-state index in [9.17, 15) is 4.79 Å². The third kappa shape index (κ3) is 4.05. The van der Waals surface area contributed by atoms with Gasteiger partial charge in [-0.2, -0.15) is 0 Å². The smallest absolute Gasteiger partial charge is 0.255 e. The van der Waals surface area contributed by atoms with Crippen molar-refractivity contribution in [2.45, 2.75) is 18.6 Å². The quantitative estimate of drug-likeness (QED) is 0.852. The highest BCUT2D eigenvalue weighted by molar-refractivity contribution is 5.98. The van der Waals surface area contributed by atoms with Gasteiger partial charge in [-0.05, 0) is 24.6 Å². The molecule has 1 saturated heterocycles. The third-order valence-electron chi connectivity index (χ3n) is 4.18. The van der Waals surface area contributed by atoms with Crippen LogP contribution in [0.3, 0.4) is 0 Å². The van der Waals surface area contributed by atoms with Crippen molar-refractivity contribution in [2.24, 2.45) is 0 Å². The van der Waals surface area contributed by atoms with E-state index in [1.54, 1.807) is 30.5 Å². The molecule has 0 saturated carbocycles. The highest BCUT2D eigenvalue weighted by Crippen LogP contribution is 2.30.